The van der Waals surface area contributed by atoms with Gasteiger partial charge in [-0.05, 0) is 43.7 Å². The minimum atomic E-state index is -0.0427. The number of hydrogen-bond donors (Lipinski definition) is 1. The van der Waals surface area contributed by atoms with E-state index in [0.717, 1.165) is 30.7 Å². The van der Waals surface area contributed by atoms with Crippen molar-refractivity contribution in [3.8, 4) is 0 Å². The Morgan fingerprint density at radius 3 is 2.94 bits per heavy atom. The molecule has 0 bridgehead atoms. The molecule has 98 valence electrons. The van der Waals surface area contributed by atoms with Gasteiger partial charge in [-0.2, -0.15) is 0 Å². The van der Waals surface area contributed by atoms with Gasteiger partial charge in [-0.1, -0.05) is 13.0 Å². The number of aliphatic hydroxyl groups excluding tert-OH is 1. The van der Waals surface area contributed by atoms with Crippen molar-refractivity contribution in [1.29, 1.82) is 0 Å². The molecule has 3 nitrogen and oxygen atoms in total. The second-order valence-corrected chi connectivity index (χ2v) is 5.31. The molecule has 0 saturated carbocycles. The molecule has 0 fully saturated rings. The maximum Gasteiger partial charge on any atom is 0.138 e. The molecule has 0 aromatic carbocycles. The Balaban J connectivity index is 2.25. The lowest BCUT2D eigenvalue weighted by Gasteiger charge is -2.12. The van der Waals surface area contributed by atoms with Crippen LogP contribution in [-0.2, 0) is 11.2 Å². The molecular weight excluding hydrogens is 226 g/mol. The lowest BCUT2D eigenvalue weighted by molar-refractivity contribution is -0.123. The molecule has 0 amide bonds. The molecule has 0 aliphatic heterocycles. The van der Waals surface area contributed by atoms with Crippen LogP contribution in [0.4, 0.5) is 0 Å². The Morgan fingerprint density at radius 1 is 1.44 bits per heavy atom. The predicted octanol–water partition coefficient (Wildman–Crippen LogP) is 2.40. The zero-order chi connectivity index (χ0) is 13.1. The van der Waals surface area contributed by atoms with Gasteiger partial charge in [0, 0.05) is 30.3 Å². The van der Waals surface area contributed by atoms with Crippen LogP contribution in [0.25, 0.3) is 0 Å². The quantitative estimate of drug-likeness (QED) is 0.834. The maximum atomic E-state index is 12.0. The first kappa shape index (κ1) is 13.2. The highest BCUT2D eigenvalue weighted by molar-refractivity contribution is 5.81. The molecule has 0 unspecified atom stereocenters. The van der Waals surface area contributed by atoms with Gasteiger partial charge in [-0.15, -0.1) is 0 Å². The van der Waals surface area contributed by atoms with Gasteiger partial charge in [0.1, 0.15) is 5.78 Å². The van der Waals surface area contributed by atoms with Crippen LogP contribution in [0.3, 0.4) is 0 Å². The summed E-state index contributed by atoms with van der Waals surface area (Å²) in [5.74, 6) is 0.691. The lowest BCUT2D eigenvalue weighted by Crippen LogP contribution is -2.18. The fourth-order valence-corrected chi connectivity index (χ4v) is 2.76. The summed E-state index contributed by atoms with van der Waals surface area (Å²) in [6.07, 6.45) is 2.95. The third-order valence-electron chi connectivity index (χ3n) is 3.88. The molecular formula is C15H21NO2. The summed E-state index contributed by atoms with van der Waals surface area (Å²) in [6.45, 7) is 4.15. The first-order valence-electron chi connectivity index (χ1n) is 6.71. The number of nitrogens with zero attached hydrogens (tertiary/aromatic N) is 1. The van der Waals surface area contributed by atoms with Gasteiger partial charge in [-0.3, -0.25) is 9.78 Å². The average Bonchev–Trinajstić information content (AvgIpc) is 2.49. The number of fused-ring (bicyclic) bond motifs is 1. The number of aliphatic hydroxyl groups is 1. The van der Waals surface area contributed by atoms with Crippen molar-refractivity contribution >= 4 is 5.78 Å². The molecule has 1 aliphatic rings. The maximum absolute atomic E-state index is 12.0. The first-order chi connectivity index (χ1) is 8.61. The van der Waals surface area contributed by atoms with E-state index in [0.29, 0.717) is 5.92 Å². The monoisotopic (exact) mass is 247 g/mol. The number of rotatable bonds is 3. The van der Waals surface area contributed by atoms with Crippen LogP contribution in [0.2, 0.25) is 0 Å². The standard InChI is InChI=1S/C15H21NO2/c1-10-3-5-12(15(18)7-8-17)9-14-13(10)6-4-11(2)16-14/h4,6,10,12,17H,3,5,7-9H2,1-2H3/t10-,12+/m1/s1. The molecule has 0 saturated heterocycles. The lowest BCUT2D eigenvalue weighted by atomic mass is 9.93. The Labute approximate surface area is 108 Å². The summed E-state index contributed by atoms with van der Waals surface area (Å²) < 4.78 is 0. The van der Waals surface area contributed by atoms with E-state index >= 15 is 0 Å². The Kier molecular flexibility index (Phi) is 4.12. The normalized spacial score (nSPS) is 23.3. The number of aryl methyl sites for hydroxylation is 1. The minimum Gasteiger partial charge on any atom is -0.396 e. The number of pyridine rings is 1. The number of ketones is 1. The van der Waals surface area contributed by atoms with Crippen LogP contribution in [0.5, 0.6) is 0 Å². The van der Waals surface area contributed by atoms with E-state index in [9.17, 15) is 4.79 Å². The molecule has 1 aromatic rings. The topological polar surface area (TPSA) is 50.2 Å². The molecule has 1 heterocycles. The van der Waals surface area contributed by atoms with Crippen LogP contribution < -0.4 is 0 Å². The predicted molar refractivity (Wildman–Crippen MR) is 70.5 cm³/mol. The number of Topliss-reactive ketones (excluding diaryl/α,β-unsaturated/α-hetero) is 1. The summed E-state index contributed by atoms with van der Waals surface area (Å²) in [5.41, 5.74) is 3.38. The molecule has 1 aromatic heterocycles. The van der Waals surface area contributed by atoms with Crippen molar-refractivity contribution in [2.75, 3.05) is 6.61 Å². The van der Waals surface area contributed by atoms with E-state index in [1.807, 2.05) is 13.0 Å². The highest BCUT2D eigenvalue weighted by atomic mass is 16.3. The molecule has 2 rings (SSSR count). The van der Waals surface area contributed by atoms with E-state index in [-0.39, 0.29) is 24.7 Å². The summed E-state index contributed by atoms with van der Waals surface area (Å²) >= 11 is 0. The van der Waals surface area contributed by atoms with Crippen LogP contribution in [-0.4, -0.2) is 22.5 Å². The smallest absolute Gasteiger partial charge is 0.138 e. The summed E-state index contributed by atoms with van der Waals surface area (Å²) in [4.78, 5) is 16.6. The van der Waals surface area contributed by atoms with E-state index in [4.69, 9.17) is 5.11 Å². The molecule has 0 radical (unpaired) electrons. The van der Waals surface area contributed by atoms with Crippen LogP contribution in [0.1, 0.15) is 49.1 Å². The second kappa shape index (κ2) is 5.61. The van der Waals surface area contributed by atoms with Crippen molar-refractivity contribution in [1.82, 2.24) is 4.98 Å². The van der Waals surface area contributed by atoms with Crippen molar-refractivity contribution in [2.24, 2.45) is 5.92 Å². The number of aromatic nitrogens is 1. The molecule has 1 N–H and O–H groups in total. The van der Waals surface area contributed by atoms with Gasteiger partial charge in [0.15, 0.2) is 0 Å². The Hall–Kier alpha value is -1.22. The zero-order valence-corrected chi connectivity index (χ0v) is 11.1. The highest BCUT2D eigenvalue weighted by Gasteiger charge is 2.26. The summed E-state index contributed by atoms with van der Waals surface area (Å²) in [7, 11) is 0. The third kappa shape index (κ3) is 2.78. The van der Waals surface area contributed by atoms with Crippen molar-refractivity contribution in [3.05, 3.63) is 29.1 Å². The Morgan fingerprint density at radius 2 is 2.22 bits per heavy atom. The molecule has 0 spiro atoms. The number of carbonyl (C=O) groups excluding carboxylic acids is 1. The summed E-state index contributed by atoms with van der Waals surface area (Å²) in [5, 5.41) is 8.89. The van der Waals surface area contributed by atoms with Gasteiger partial charge < -0.3 is 5.11 Å². The van der Waals surface area contributed by atoms with E-state index in [1.54, 1.807) is 0 Å². The van der Waals surface area contributed by atoms with Crippen molar-refractivity contribution < 1.29 is 9.90 Å². The Bertz CT molecular complexity index is 442. The fraction of sp³-hybridized carbons (Fsp3) is 0.600. The molecule has 3 heteroatoms. The van der Waals surface area contributed by atoms with Gasteiger partial charge in [0.25, 0.3) is 0 Å². The average molecular weight is 247 g/mol. The van der Waals surface area contributed by atoms with E-state index in [1.165, 1.54) is 5.56 Å². The van der Waals surface area contributed by atoms with Crippen LogP contribution >= 0.6 is 0 Å². The molecule has 2 atom stereocenters. The molecule has 18 heavy (non-hydrogen) atoms. The van der Waals surface area contributed by atoms with Gasteiger partial charge >= 0.3 is 0 Å². The largest absolute Gasteiger partial charge is 0.396 e. The van der Waals surface area contributed by atoms with E-state index < -0.39 is 0 Å². The van der Waals surface area contributed by atoms with Gasteiger partial charge in [0.2, 0.25) is 0 Å². The van der Waals surface area contributed by atoms with Gasteiger partial charge in [0.05, 0.1) is 0 Å². The first-order valence-corrected chi connectivity index (χ1v) is 6.71. The zero-order valence-electron chi connectivity index (χ0n) is 11.1. The fourth-order valence-electron chi connectivity index (χ4n) is 2.76. The van der Waals surface area contributed by atoms with Gasteiger partial charge in [-0.25, -0.2) is 0 Å². The minimum absolute atomic E-state index is 0.0372. The number of carbonyl (C=O) groups is 1. The third-order valence-corrected chi connectivity index (χ3v) is 3.88. The van der Waals surface area contributed by atoms with Crippen molar-refractivity contribution in [2.45, 2.75) is 45.4 Å². The molecule has 1 aliphatic carbocycles. The number of hydrogen-bond acceptors (Lipinski definition) is 3. The van der Waals surface area contributed by atoms with Crippen molar-refractivity contribution in [3.63, 3.8) is 0 Å². The van der Waals surface area contributed by atoms with Crippen LogP contribution in [0, 0.1) is 12.8 Å². The second-order valence-electron chi connectivity index (χ2n) is 5.31. The summed E-state index contributed by atoms with van der Waals surface area (Å²) in [6, 6.07) is 4.20. The SMILES string of the molecule is Cc1ccc2c(n1)C[C@@H](C(=O)CCO)CC[C@H]2C. The van der Waals surface area contributed by atoms with Crippen LogP contribution in [0.15, 0.2) is 12.1 Å². The van der Waals surface area contributed by atoms with E-state index in [2.05, 4.69) is 18.0 Å². The highest BCUT2D eigenvalue weighted by Crippen LogP contribution is 2.32.